The van der Waals surface area contributed by atoms with Gasteiger partial charge in [0.25, 0.3) is 0 Å². The van der Waals surface area contributed by atoms with Gasteiger partial charge in [0.2, 0.25) is 0 Å². The van der Waals surface area contributed by atoms with Crippen LogP contribution in [0.4, 0.5) is 0 Å². The molecule has 3 nitrogen and oxygen atoms in total. The Bertz CT molecular complexity index is 626. The summed E-state index contributed by atoms with van der Waals surface area (Å²) in [4.78, 5) is 14.1. The standard InChI is InChI=1S/C14H14BrNO2/c1-8(2)11(6-14(17)18)12-7-16-13-5-9(15)3-4-10(12)13/h3-8,16H,1-2H3,(H,17,18)/b11-6+. The average Bonchev–Trinajstić information content (AvgIpc) is 2.67. The van der Waals surface area contributed by atoms with Crippen molar-refractivity contribution in [3.05, 3.63) is 40.5 Å². The number of hydrogen-bond donors (Lipinski definition) is 2. The summed E-state index contributed by atoms with van der Waals surface area (Å²) in [6, 6.07) is 5.93. The Morgan fingerprint density at radius 1 is 1.44 bits per heavy atom. The molecule has 0 saturated carbocycles. The van der Waals surface area contributed by atoms with E-state index in [0.29, 0.717) is 0 Å². The van der Waals surface area contributed by atoms with Gasteiger partial charge in [0.1, 0.15) is 0 Å². The van der Waals surface area contributed by atoms with Gasteiger partial charge in [-0.3, -0.25) is 0 Å². The van der Waals surface area contributed by atoms with Crippen LogP contribution in [0, 0.1) is 5.92 Å². The number of H-pyrrole nitrogens is 1. The molecule has 1 aromatic heterocycles. The minimum Gasteiger partial charge on any atom is -0.478 e. The third-order valence-electron chi connectivity index (χ3n) is 2.86. The zero-order valence-electron chi connectivity index (χ0n) is 10.2. The number of rotatable bonds is 3. The lowest BCUT2D eigenvalue weighted by atomic mass is 9.94. The first kappa shape index (κ1) is 12.9. The van der Waals surface area contributed by atoms with Gasteiger partial charge in [-0.15, -0.1) is 0 Å². The van der Waals surface area contributed by atoms with Gasteiger partial charge < -0.3 is 10.1 Å². The van der Waals surface area contributed by atoms with E-state index in [1.54, 1.807) is 0 Å². The molecule has 0 bridgehead atoms. The molecule has 0 spiro atoms. The summed E-state index contributed by atoms with van der Waals surface area (Å²) in [5, 5.41) is 9.99. The van der Waals surface area contributed by atoms with Crippen molar-refractivity contribution in [2.75, 3.05) is 0 Å². The normalized spacial score (nSPS) is 12.3. The molecule has 1 aromatic carbocycles. The predicted molar refractivity (Wildman–Crippen MR) is 76.4 cm³/mol. The molecule has 4 heteroatoms. The monoisotopic (exact) mass is 307 g/mol. The molecule has 0 fully saturated rings. The maximum Gasteiger partial charge on any atom is 0.328 e. The van der Waals surface area contributed by atoms with E-state index < -0.39 is 5.97 Å². The number of carboxylic acid groups (broad SMARTS) is 1. The van der Waals surface area contributed by atoms with Crippen LogP contribution in [-0.4, -0.2) is 16.1 Å². The first-order chi connectivity index (χ1) is 8.49. The third kappa shape index (κ3) is 2.48. The lowest BCUT2D eigenvalue weighted by Crippen LogP contribution is -1.98. The molecule has 94 valence electrons. The fraction of sp³-hybridized carbons (Fsp3) is 0.214. The first-order valence-corrected chi connectivity index (χ1v) is 6.50. The number of aliphatic carboxylic acids is 1. The van der Waals surface area contributed by atoms with Gasteiger partial charge >= 0.3 is 5.97 Å². The van der Waals surface area contributed by atoms with Gasteiger partial charge in [-0.05, 0) is 23.6 Å². The quantitative estimate of drug-likeness (QED) is 0.840. The number of carboxylic acids is 1. The highest BCUT2D eigenvalue weighted by atomic mass is 79.9. The van der Waals surface area contributed by atoms with Crippen molar-refractivity contribution in [3.63, 3.8) is 0 Å². The topological polar surface area (TPSA) is 53.1 Å². The lowest BCUT2D eigenvalue weighted by Gasteiger charge is -2.09. The molecule has 0 amide bonds. The molecule has 0 unspecified atom stereocenters. The van der Waals surface area contributed by atoms with Crippen LogP contribution in [0.5, 0.6) is 0 Å². The molecule has 0 aliphatic rings. The SMILES string of the molecule is CC(C)/C(=C\C(=O)O)c1c[nH]c2cc(Br)ccc12. The summed E-state index contributed by atoms with van der Waals surface area (Å²) >= 11 is 3.42. The Morgan fingerprint density at radius 2 is 2.17 bits per heavy atom. The van der Waals surface area contributed by atoms with E-state index in [4.69, 9.17) is 5.11 Å². The minimum absolute atomic E-state index is 0.156. The van der Waals surface area contributed by atoms with Crippen molar-refractivity contribution in [3.8, 4) is 0 Å². The summed E-state index contributed by atoms with van der Waals surface area (Å²) in [7, 11) is 0. The fourth-order valence-electron chi connectivity index (χ4n) is 2.03. The van der Waals surface area contributed by atoms with Gasteiger partial charge in [0, 0.05) is 33.2 Å². The van der Waals surface area contributed by atoms with Crippen molar-refractivity contribution in [1.82, 2.24) is 4.98 Å². The number of aromatic nitrogens is 1. The molecule has 0 saturated heterocycles. The van der Waals surface area contributed by atoms with Crippen molar-refractivity contribution >= 4 is 38.4 Å². The molecule has 2 N–H and O–H groups in total. The predicted octanol–water partition coefficient (Wildman–Crippen LogP) is 4.05. The second-order valence-electron chi connectivity index (χ2n) is 4.48. The maximum atomic E-state index is 10.9. The van der Waals surface area contributed by atoms with Crippen LogP contribution in [0.15, 0.2) is 34.9 Å². The number of allylic oxidation sites excluding steroid dienone is 1. The number of carbonyl (C=O) groups is 1. The smallest absolute Gasteiger partial charge is 0.328 e. The Kier molecular flexibility index (Phi) is 3.57. The molecule has 18 heavy (non-hydrogen) atoms. The largest absolute Gasteiger partial charge is 0.478 e. The Balaban J connectivity index is 2.62. The highest BCUT2D eigenvalue weighted by Gasteiger charge is 2.13. The van der Waals surface area contributed by atoms with Crippen LogP contribution in [-0.2, 0) is 4.79 Å². The highest BCUT2D eigenvalue weighted by molar-refractivity contribution is 9.10. The van der Waals surface area contributed by atoms with Gasteiger partial charge in [0.15, 0.2) is 0 Å². The number of aromatic amines is 1. The molecule has 1 heterocycles. The Hall–Kier alpha value is -1.55. The third-order valence-corrected chi connectivity index (χ3v) is 3.35. The second kappa shape index (κ2) is 4.98. The molecule has 0 aliphatic carbocycles. The van der Waals surface area contributed by atoms with Crippen LogP contribution in [0.25, 0.3) is 16.5 Å². The van der Waals surface area contributed by atoms with E-state index in [-0.39, 0.29) is 5.92 Å². The molecule has 0 aliphatic heterocycles. The van der Waals surface area contributed by atoms with Gasteiger partial charge in [-0.2, -0.15) is 0 Å². The van der Waals surface area contributed by atoms with Crippen molar-refractivity contribution in [1.29, 1.82) is 0 Å². The van der Waals surface area contributed by atoms with Crippen molar-refractivity contribution < 1.29 is 9.90 Å². The summed E-state index contributed by atoms with van der Waals surface area (Å²) in [6.45, 7) is 3.99. The van der Waals surface area contributed by atoms with Crippen LogP contribution < -0.4 is 0 Å². The molecule has 2 rings (SSSR count). The average molecular weight is 308 g/mol. The lowest BCUT2D eigenvalue weighted by molar-refractivity contribution is -0.131. The van der Waals surface area contributed by atoms with Crippen LogP contribution in [0.2, 0.25) is 0 Å². The van der Waals surface area contributed by atoms with E-state index in [2.05, 4.69) is 20.9 Å². The van der Waals surface area contributed by atoms with E-state index >= 15 is 0 Å². The number of hydrogen-bond acceptors (Lipinski definition) is 1. The maximum absolute atomic E-state index is 10.9. The Labute approximate surface area is 114 Å². The van der Waals surface area contributed by atoms with E-state index in [9.17, 15) is 4.79 Å². The first-order valence-electron chi connectivity index (χ1n) is 5.70. The highest BCUT2D eigenvalue weighted by Crippen LogP contribution is 2.31. The van der Waals surface area contributed by atoms with Gasteiger partial charge in [-0.25, -0.2) is 4.79 Å². The van der Waals surface area contributed by atoms with Gasteiger partial charge in [0.05, 0.1) is 0 Å². The van der Waals surface area contributed by atoms with Crippen LogP contribution in [0.3, 0.4) is 0 Å². The zero-order chi connectivity index (χ0) is 13.3. The molecule has 0 radical (unpaired) electrons. The summed E-state index contributed by atoms with van der Waals surface area (Å²) in [6.07, 6.45) is 3.15. The summed E-state index contributed by atoms with van der Waals surface area (Å²) in [5.41, 5.74) is 2.78. The number of nitrogens with one attached hydrogen (secondary N) is 1. The minimum atomic E-state index is -0.912. The molecular weight excluding hydrogens is 294 g/mol. The van der Waals surface area contributed by atoms with E-state index in [1.807, 2.05) is 38.2 Å². The van der Waals surface area contributed by atoms with Gasteiger partial charge in [-0.1, -0.05) is 35.8 Å². The van der Waals surface area contributed by atoms with Crippen molar-refractivity contribution in [2.24, 2.45) is 5.92 Å². The number of benzene rings is 1. The number of halogens is 1. The Morgan fingerprint density at radius 3 is 2.78 bits per heavy atom. The second-order valence-corrected chi connectivity index (χ2v) is 5.40. The molecular formula is C14H14BrNO2. The number of fused-ring (bicyclic) bond motifs is 1. The van der Waals surface area contributed by atoms with E-state index in [1.165, 1.54) is 6.08 Å². The van der Waals surface area contributed by atoms with E-state index in [0.717, 1.165) is 26.5 Å². The fourth-order valence-corrected chi connectivity index (χ4v) is 2.39. The molecule has 0 atom stereocenters. The summed E-state index contributed by atoms with van der Waals surface area (Å²) in [5.74, 6) is -0.756. The summed E-state index contributed by atoms with van der Waals surface area (Å²) < 4.78 is 0.997. The van der Waals surface area contributed by atoms with Crippen LogP contribution in [0.1, 0.15) is 19.4 Å². The van der Waals surface area contributed by atoms with Crippen LogP contribution >= 0.6 is 15.9 Å². The zero-order valence-corrected chi connectivity index (χ0v) is 11.8. The molecule has 2 aromatic rings. The van der Waals surface area contributed by atoms with Crippen molar-refractivity contribution in [2.45, 2.75) is 13.8 Å².